The normalized spacial score (nSPS) is 11.8. The summed E-state index contributed by atoms with van der Waals surface area (Å²) in [5.41, 5.74) is 4.80. The Morgan fingerprint density at radius 2 is 1.37 bits per heavy atom. The molecular formula is C35H31N3O3. The first-order valence-corrected chi connectivity index (χ1v) is 13.6. The number of carbonyl (C=O) groups is 2. The molecule has 41 heavy (non-hydrogen) atoms. The Morgan fingerprint density at radius 1 is 0.805 bits per heavy atom. The first-order valence-electron chi connectivity index (χ1n) is 13.6. The molecule has 0 radical (unpaired) electrons. The summed E-state index contributed by atoms with van der Waals surface area (Å²) in [4.78, 5) is 28.6. The molecule has 1 heterocycles. The minimum Gasteiger partial charge on any atom is -0.480 e. The molecule has 0 fully saturated rings. The van der Waals surface area contributed by atoms with Crippen LogP contribution in [0.15, 0.2) is 121 Å². The molecule has 4 aromatic carbocycles. The number of hydrogen-bond acceptors (Lipinski definition) is 3. The van der Waals surface area contributed by atoms with E-state index in [1.54, 1.807) is 4.68 Å². The second-order valence-corrected chi connectivity index (χ2v) is 9.60. The Balaban J connectivity index is 1.70. The number of hydrogen-bond donors (Lipinski definition) is 1. The molecule has 204 valence electrons. The number of rotatable bonds is 10. The highest BCUT2D eigenvalue weighted by atomic mass is 16.4. The number of aromatic nitrogens is 2. The fraction of sp³-hybridized carbons (Fsp3) is 0.114. The van der Waals surface area contributed by atoms with Gasteiger partial charge in [0.1, 0.15) is 11.7 Å². The van der Waals surface area contributed by atoms with Crippen molar-refractivity contribution in [3.63, 3.8) is 0 Å². The maximum absolute atomic E-state index is 14.6. The van der Waals surface area contributed by atoms with Gasteiger partial charge < -0.3 is 10.0 Å². The van der Waals surface area contributed by atoms with Crippen LogP contribution in [0.5, 0.6) is 0 Å². The zero-order chi connectivity index (χ0) is 28.6. The SMILES string of the molecule is CCN(C(=O)c1c(-c2ccccc2)nn(-c2ccccc2)c1/C=C/c1ccccc1)[C@@H](Cc1ccccc1)C(=O)O. The van der Waals surface area contributed by atoms with Gasteiger partial charge in [0.15, 0.2) is 0 Å². The van der Waals surface area contributed by atoms with Crippen molar-refractivity contribution in [3.05, 3.63) is 144 Å². The standard InChI is InChI=1S/C35H31N3O3/c1-2-37(31(35(40)41)25-27-17-9-4-10-18-27)34(39)32-30(24-23-26-15-7-3-8-16-26)38(29-21-13-6-14-22-29)36-33(32)28-19-11-5-12-20-28/h3-24,31H,2,25H2,1H3,(H,40,41)/b24-23+/t31-/m0/s1. The summed E-state index contributed by atoms with van der Waals surface area (Å²) in [6.07, 6.45) is 4.02. The molecule has 0 aliphatic heterocycles. The number of likely N-dealkylation sites (N-methyl/N-ethyl adjacent to an activating group) is 1. The Hall–Kier alpha value is -5.23. The van der Waals surface area contributed by atoms with Gasteiger partial charge in [-0.25, -0.2) is 9.48 Å². The van der Waals surface area contributed by atoms with Crippen molar-refractivity contribution in [2.45, 2.75) is 19.4 Å². The van der Waals surface area contributed by atoms with Gasteiger partial charge in [-0.05, 0) is 36.3 Å². The van der Waals surface area contributed by atoms with Crippen LogP contribution in [-0.4, -0.2) is 44.3 Å². The number of nitrogens with zero attached hydrogens (tertiary/aromatic N) is 3. The summed E-state index contributed by atoms with van der Waals surface area (Å²) in [5.74, 6) is -1.44. The third kappa shape index (κ3) is 6.17. The lowest BCUT2D eigenvalue weighted by molar-refractivity contribution is -0.142. The summed E-state index contributed by atoms with van der Waals surface area (Å²) in [5, 5.41) is 15.3. The summed E-state index contributed by atoms with van der Waals surface area (Å²) in [6.45, 7) is 2.03. The highest BCUT2D eigenvalue weighted by molar-refractivity contribution is 6.05. The first-order chi connectivity index (χ1) is 20.1. The van der Waals surface area contributed by atoms with Gasteiger partial charge in [0.25, 0.3) is 5.91 Å². The highest BCUT2D eigenvalue weighted by Crippen LogP contribution is 2.31. The number of benzene rings is 4. The van der Waals surface area contributed by atoms with Crippen LogP contribution in [0.1, 0.15) is 34.1 Å². The van der Waals surface area contributed by atoms with Crippen LogP contribution >= 0.6 is 0 Å². The van der Waals surface area contributed by atoms with E-state index in [-0.39, 0.29) is 18.9 Å². The number of carbonyl (C=O) groups excluding carboxylic acids is 1. The van der Waals surface area contributed by atoms with E-state index in [9.17, 15) is 14.7 Å². The average Bonchev–Trinajstić information content (AvgIpc) is 3.41. The third-order valence-corrected chi connectivity index (χ3v) is 6.95. The van der Waals surface area contributed by atoms with Crippen LogP contribution < -0.4 is 0 Å². The predicted octanol–water partition coefficient (Wildman–Crippen LogP) is 6.87. The van der Waals surface area contributed by atoms with Gasteiger partial charge in [-0.1, -0.05) is 115 Å². The molecule has 6 nitrogen and oxygen atoms in total. The molecule has 1 atom stereocenters. The van der Waals surface area contributed by atoms with E-state index in [2.05, 4.69) is 0 Å². The van der Waals surface area contributed by atoms with Gasteiger partial charge >= 0.3 is 5.97 Å². The lowest BCUT2D eigenvalue weighted by atomic mass is 10.0. The zero-order valence-corrected chi connectivity index (χ0v) is 22.8. The Bertz CT molecular complexity index is 1630. The van der Waals surface area contributed by atoms with Crippen molar-refractivity contribution >= 4 is 24.0 Å². The van der Waals surface area contributed by atoms with Gasteiger partial charge in [-0.3, -0.25) is 4.79 Å². The number of amides is 1. The largest absolute Gasteiger partial charge is 0.480 e. The number of carboxylic acids is 1. The van der Waals surface area contributed by atoms with E-state index in [1.807, 2.05) is 140 Å². The number of aliphatic carboxylic acids is 1. The number of carboxylic acid groups (broad SMARTS) is 1. The molecule has 0 unspecified atom stereocenters. The van der Waals surface area contributed by atoms with E-state index in [0.717, 1.165) is 22.4 Å². The Labute approximate surface area is 239 Å². The molecule has 0 bridgehead atoms. The van der Waals surface area contributed by atoms with Crippen LogP contribution in [0.25, 0.3) is 29.1 Å². The van der Waals surface area contributed by atoms with E-state index in [1.165, 1.54) is 4.90 Å². The molecule has 0 spiro atoms. The van der Waals surface area contributed by atoms with Crippen molar-refractivity contribution in [2.75, 3.05) is 6.54 Å². The zero-order valence-electron chi connectivity index (χ0n) is 22.8. The molecule has 0 aliphatic rings. The molecule has 1 amide bonds. The van der Waals surface area contributed by atoms with Crippen LogP contribution in [0.4, 0.5) is 0 Å². The van der Waals surface area contributed by atoms with Crippen LogP contribution in [0, 0.1) is 0 Å². The van der Waals surface area contributed by atoms with Gasteiger partial charge in [0.2, 0.25) is 0 Å². The van der Waals surface area contributed by atoms with Gasteiger partial charge in [0.05, 0.1) is 16.9 Å². The van der Waals surface area contributed by atoms with Crippen LogP contribution in [0.2, 0.25) is 0 Å². The smallest absolute Gasteiger partial charge is 0.326 e. The Kier molecular flexibility index (Phi) is 8.50. The predicted molar refractivity (Wildman–Crippen MR) is 163 cm³/mol. The minimum absolute atomic E-state index is 0.193. The molecule has 1 N–H and O–H groups in total. The summed E-state index contributed by atoms with van der Waals surface area (Å²) < 4.78 is 1.76. The highest BCUT2D eigenvalue weighted by Gasteiger charge is 2.34. The van der Waals surface area contributed by atoms with Crippen molar-refractivity contribution in [2.24, 2.45) is 0 Å². The van der Waals surface area contributed by atoms with Gasteiger partial charge in [-0.2, -0.15) is 5.10 Å². The molecule has 0 saturated heterocycles. The molecule has 5 rings (SSSR count). The molecule has 0 saturated carbocycles. The summed E-state index contributed by atoms with van der Waals surface area (Å²) in [6, 6.07) is 37.3. The molecule has 0 aliphatic carbocycles. The fourth-order valence-electron chi connectivity index (χ4n) is 4.92. The second kappa shape index (κ2) is 12.7. The van der Waals surface area contributed by atoms with Crippen molar-refractivity contribution in [3.8, 4) is 16.9 Å². The molecule has 6 heteroatoms. The third-order valence-electron chi connectivity index (χ3n) is 6.95. The fourth-order valence-corrected chi connectivity index (χ4v) is 4.92. The molecule has 5 aromatic rings. The van der Waals surface area contributed by atoms with Crippen molar-refractivity contribution in [1.29, 1.82) is 0 Å². The number of para-hydroxylation sites is 1. The minimum atomic E-state index is -1.05. The summed E-state index contributed by atoms with van der Waals surface area (Å²) in [7, 11) is 0. The lowest BCUT2D eigenvalue weighted by Crippen LogP contribution is -2.46. The summed E-state index contributed by atoms with van der Waals surface area (Å²) >= 11 is 0. The van der Waals surface area contributed by atoms with E-state index in [0.29, 0.717) is 17.0 Å². The average molecular weight is 542 g/mol. The quantitative estimate of drug-likeness (QED) is 0.209. The van der Waals surface area contributed by atoms with E-state index >= 15 is 0 Å². The van der Waals surface area contributed by atoms with E-state index < -0.39 is 12.0 Å². The van der Waals surface area contributed by atoms with Crippen molar-refractivity contribution < 1.29 is 14.7 Å². The maximum Gasteiger partial charge on any atom is 0.326 e. The Morgan fingerprint density at radius 3 is 1.95 bits per heavy atom. The maximum atomic E-state index is 14.6. The van der Waals surface area contributed by atoms with Crippen LogP contribution in [0.3, 0.4) is 0 Å². The molecule has 1 aromatic heterocycles. The lowest BCUT2D eigenvalue weighted by Gasteiger charge is -2.28. The first kappa shape index (κ1) is 27.3. The topological polar surface area (TPSA) is 75.4 Å². The van der Waals surface area contributed by atoms with Crippen LogP contribution in [-0.2, 0) is 11.2 Å². The second-order valence-electron chi connectivity index (χ2n) is 9.60. The molecular weight excluding hydrogens is 510 g/mol. The monoisotopic (exact) mass is 541 g/mol. The van der Waals surface area contributed by atoms with Gasteiger partial charge in [-0.15, -0.1) is 0 Å². The van der Waals surface area contributed by atoms with E-state index in [4.69, 9.17) is 5.10 Å². The van der Waals surface area contributed by atoms with Crippen molar-refractivity contribution in [1.82, 2.24) is 14.7 Å². The van der Waals surface area contributed by atoms with Gasteiger partial charge in [0, 0.05) is 18.5 Å².